The molecule has 1 aliphatic heterocycles. The highest BCUT2D eigenvalue weighted by atomic mass is 16.7. The van der Waals surface area contributed by atoms with Crippen LogP contribution in [0.3, 0.4) is 0 Å². The van der Waals surface area contributed by atoms with Crippen LogP contribution in [0, 0.1) is 0 Å². The lowest BCUT2D eigenvalue weighted by Crippen LogP contribution is -2.57. The van der Waals surface area contributed by atoms with E-state index in [1.807, 2.05) is 0 Å². The zero-order chi connectivity index (χ0) is 15.0. The Hall–Kier alpha value is -0.320. The maximum absolute atomic E-state index is 9.68. The molecule has 0 aromatic heterocycles. The van der Waals surface area contributed by atoms with Crippen LogP contribution in [0.2, 0.25) is 0 Å². The summed E-state index contributed by atoms with van der Waals surface area (Å²) in [6, 6.07) is 0. The van der Waals surface area contributed by atoms with Crippen molar-refractivity contribution in [3.05, 3.63) is 0 Å². The first-order chi connectivity index (χ1) is 9.57. The summed E-state index contributed by atoms with van der Waals surface area (Å²) in [5, 5.41) is 37.2. The molecule has 1 aliphatic rings. The molecule has 0 bridgehead atoms. The zero-order valence-corrected chi connectivity index (χ0v) is 11.6. The van der Waals surface area contributed by atoms with Crippen molar-refractivity contribution in [1.82, 2.24) is 0 Å². The van der Waals surface area contributed by atoms with Crippen LogP contribution in [0.1, 0.15) is 6.92 Å². The van der Waals surface area contributed by atoms with Crippen LogP contribution in [0.15, 0.2) is 0 Å². The highest BCUT2D eigenvalue weighted by Gasteiger charge is 2.42. The number of aliphatic hydroxyl groups excluding tert-OH is 4. The van der Waals surface area contributed by atoms with E-state index in [0.29, 0.717) is 13.2 Å². The van der Waals surface area contributed by atoms with E-state index in [1.54, 1.807) is 6.92 Å². The molecular formula is C12H24O8. The summed E-state index contributed by atoms with van der Waals surface area (Å²) in [4.78, 5) is 0. The molecule has 5 atom stereocenters. The van der Waals surface area contributed by atoms with Crippen molar-refractivity contribution in [2.45, 2.75) is 37.6 Å². The van der Waals surface area contributed by atoms with Crippen LogP contribution in [0.5, 0.6) is 0 Å². The Labute approximate surface area is 117 Å². The van der Waals surface area contributed by atoms with Crippen LogP contribution in [-0.2, 0) is 18.9 Å². The van der Waals surface area contributed by atoms with Gasteiger partial charge in [-0.15, -0.1) is 0 Å². The smallest absolute Gasteiger partial charge is 0.186 e. The maximum Gasteiger partial charge on any atom is 0.186 e. The van der Waals surface area contributed by atoms with Gasteiger partial charge in [-0.3, -0.25) is 0 Å². The van der Waals surface area contributed by atoms with E-state index in [-0.39, 0.29) is 26.4 Å². The Bertz CT molecular complexity index is 252. The molecule has 0 radical (unpaired) electrons. The third-order valence-electron chi connectivity index (χ3n) is 2.93. The van der Waals surface area contributed by atoms with E-state index >= 15 is 0 Å². The number of rotatable bonds is 9. The van der Waals surface area contributed by atoms with E-state index in [9.17, 15) is 15.3 Å². The summed E-state index contributed by atoms with van der Waals surface area (Å²) >= 11 is 0. The quantitative estimate of drug-likeness (QED) is 0.356. The second kappa shape index (κ2) is 9.59. The van der Waals surface area contributed by atoms with Crippen LogP contribution in [0.25, 0.3) is 0 Å². The van der Waals surface area contributed by atoms with Gasteiger partial charge in [-0.2, -0.15) is 0 Å². The van der Waals surface area contributed by atoms with E-state index in [4.69, 9.17) is 24.1 Å². The molecule has 0 aromatic carbocycles. The van der Waals surface area contributed by atoms with Crippen molar-refractivity contribution in [1.29, 1.82) is 0 Å². The van der Waals surface area contributed by atoms with Crippen molar-refractivity contribution in [3.63, 3.8) is 0 Å². The van der Waals surface area contributed by atoms with E-state index in [2.05, 4.69) is 0 Å². The summed E-state index contributed by atoms with van der Waals surface area (Å²) in [6.45, 7) is 3.05. The van der Waals surface area contributed by atoms with E-state index < -0.39 is 30.7 Å². The third-order valence-corrected chi connectivity index (χ3v) is 2.93. The summed E-state index contributed by atoms with van der Waals surface area (Å²) in [5.41, 5.74) is 0. The first kappa shape index (κ1) is 17.7. The lowest BCUT2D eigenvalue weighted by molar-refractivity contribution is -0.294. The lowest BCUT2D eigenvalue weighted by atomic mass is 10.0. The largest absolute Gasteiger partial charge is 0.394 e. The molecule has 4 N–H and O–H groups in total. The molecule has 8 heteroatoms. The monoisotopic (exact) mass is 296 g/mol. The highest BCUT2D eigenvalue weighted by molar-refractivity contribution is 4.87. The fourth-order valence-corrected chi connectivity index (χ4v) is 1.76. The van der Waals surface area contributed by atoms with Crippen molar-refractivity contribution < 1.29 is 39.4 Å². The van der Waals surface area contributed by atoms with Gasteiger partial charge in [0.25, 0.3) is 0 Å². The van der Waals surface area contributed by atoms with Gasteiger partial charge in [0.15, 0.2) is 6.29 Å². The molecule has 1 fully saturated rings. The SMILES string of the molecule is C[C@@H]1O[C@@H](OCCOCCOCCO)[C@H](O)[C@H](O)[C@H]1O. The Balaban J connectivity index is 2.09. The Kier molecular flexibility index (Phi) is 8.50. The standard InChI is InChI=1S/C12H24O8/c1-8-9(14)10(15)11(16)12(20-8)19-7-6-18-5-4-17-3-2-13/h8-16H,2-7H2,1H3/t8-,9-,10+,11+,12+/m0/s1. The predicted octanol–water partition coefficient (Wildman–Crippen LogP) is -2.14. The molecule has 20 heavy (non-hydrogen) atoms. The van der Waals surface area contributed by atoms with Gasteiger partial charge < -0.3 is 39.4 Å². The molecule has 8 nitrogen and oxygen atoms in total. The van der Waals surface area contributed by atoms with E-state index in [0.717, 1.165) is 0 Å². The third kappa shape index (κ3) is 5.58. The fourth-order valence-electron chi connectivity index (χ4n) is 1.76. The molecule has 1 heterocycles. The van der Waals surface area contributed by atoms with Crippen molar-refractivity contribution in [2.75, 3.05) is 39.6 Å². The van der Waals surface area contributed by atoms with Gasteiger partial charge in [0.1, 0.15) is 18.3 Å². The van der Waals surface area contributed by atoms with Gasteiger partial charge >= 0.3 is 0 Å². The average Bonchev–Trinajstić information content (AvgIpc) is 2.44. The fraction of sp³-hybridized carbons (Fsp3) is 1.00. The van der Waals surface area contributed by atoms with Gasteiger partial charge in [-0.25, -0.2) is 0 Å². The zero-order valence-electron chi connectivity index (χ0n) is 11.6. The molecule has 0 amide bonds. The highest BCUT2D eigenvalue weighted by Crippen LogP contribution is 2.21. The topological polar surface area (TPSA) is 118 Å². The first-order valence-corrected chi connectivity index (χ1v) is 6.65. The summed E-state index contributed by atoms with van der Waals surface area (Å²) < 4.78 is 20.7. The van der Waals surface area contributed by atoms with Crippen LogP contribution in [0.4, 0.5) is 0 Å². The van der Waals surface area contributed by atoms with Crippen molar-refractivity contribution in [3.8, 4) is 0 Å². The minimum Gasteiger partial charge on any atom is -0.394 e. The molecule has 0 unspecified atom stereocenters. The number of hydrogen-bond donors (Lipinski definition) is 4. The summed E-state index contributed by atoms with van der Waals surface area (Å²) in [6.07, 6.45) is -5.33. The van der Waals surface area contributed by atoms with Gasteiger partial charge in [-0.1, -0.05) is 0 Å². The minimum atomic E-state index is -1.30. The Morgan fingerprint density at radius 3 is 2.10 bits per heavy atom. The first-order valence-electron chi connectivity index (χ1n) is 6.65. The number of aliphatic hydroxyl groups is 4. The number of ether oxygens (including phenoxy) is 4. The van der Waals surface area contributed by atoms with Crippen molar-refractivity contribution >= 4 is 0 Å². The molecule has 0 aliphatic carbocycles. The number of hydrogen-bond acceptors (Lipinski definition) is 8. The molecular weight excluding hydrogens is 272 g/mol. The van der Waals surface area contributed by atoms with Crippen molar-refractivity contribution in [2.24, 2.45) is 0 Å². The normalized spacial score (nSPS) is 34.4. The molecule has 0 spiro atoms. The van der Waals surface area contributed by atoms with Gasteiger partial charge in [0.2, 0.25) is 0 Å². The molecule has 120 valence electrons. The summed E-state index contributed by atoms with van der Waals surface area (Å²) in [7, 11) is 0. The maximum atomic E-state index is 9.68. The second-order valence-electron chi connectivity index (χ2n) is 4.50. The summed E-state index contributed by atoms with van der Waals surface area (Å²) in [5.74, 6) is 0. The second-order valence-corrected chi connectivity index (χ2v) is 4.50. The molecule has 1 rings (SSSR count). The van der Waals surface area contributed by atoms with Gasteiger partial charge in [0, 0.05) is 0 Å². The van der Waals surface area contributed by atoms with Crippen LogP contribution in [-0.4, -0.2) is 90.8 Å². The minimum absolute atomic E-state index is 0.0214. The van der Waals surface area contributed by atoms with Gasteiger partial charge in [-0.05, 0) is 6.92 Å². The van der Waals surface area contributed by atoms with Crippen LogP contribution < -0.4 is 0 Å². The van der Waals surface area contributed by atoms with Crippen LogP contribution >= 0.6 is 0 Å². The molecule has 0 aromatic rings. The predicted molar refractivity (Wildman–Crippen MR) is 67.0 cm³/mol. The van der Waals surface area contributed by atoms with Gasteiger partial charge in [0.05, 0.1) is 45.7 Å². The Morgan fingerprint density at radius 2 is 1.45 bits per heavy atom. The molecule has 0 saturated carbocycles. The Morgan fingerprint density at radius 1 is 0.850 bits per heavy atom. The average molecular weight is 296 g/mol. The van der Waals surface area contributed by atoms with E-state index in [1.165, 1.54) is 0 Å². The lowest BCUT2D eigenvalue weighted by Gasteiger charge is -2.38. The molecule has 1 saturated heterocycles.